The SMILES string of the molecule is CCc1cc(CC(O)c2ncc[nH]2)n(CC)n1. The van der Waals surface area contributed by atoms with Crippen molar-refractivity contribution < 1.29 is 5.11 Å². The van der Waals surface area contributed by atoms with Crippen LogP contribution in [0.5, 0.6) is 0 Å². The maximum absolute atomic E-state index is 10.0. The molecule has 0 amide bonds. The molecular weight excluding hydrogens is 216 g/mol. The minimum Gasteiger partial charge on any atom is -0.385 e. The predicted molar refractivity (Wildman–Crippen MR) is 64.5 cm³/mol. The highest BCUT2D eigenvalue weighted by atomic mass is 16.3. The van der Waals surface area contributed by atoms with E-state index in [0.717, 1.165) is 24.4 Å². The number of hydrogen-bond acceptors (Lipinski definition) is 3. The zero-order chi connectivity index (χ0) is 12.3. The summed E-state index contributed by atoms with van der Waals surface area (Å²) >= 11 is 0. The first-order chi connectivity index (χ1) is 8.24. The zero-order valence-electron chi connectivity index (χ0n) is 10.2. The molecule has 5 nitrogen and oxygen atoms in total. The monoisotopic (exact) mass is 234 g/mol. The van der Waals surface area contributed by atoms with Gasteiger partial charge < -0.3 is 10.1 Å². The van der Waals surface area contributed by atoms with Crippen LogP contribution in [0, 0.1) is 0 Å². The van der Waals surface area contributed by atoms with Crippen LogP contribution < -0.4 is 0 Å². The van der Waals surface area contributed by atoms with Crippen molar-refractivity contribution >= 4 is 0 Å². The number of rotatable bonds is 5. The van der Waals surface area contributed by atoms with Crippen molar-refractivity contribution in [2.75, 3.05) is 0 Å². The van der Waals surface area contributed by atoms with Crippen LogP contribution in [-0.4, -0.2) is 24.9 Å². The van der Waals surface area contributed by atoms with E-state index in [1.54, 1.807) is 12.4 Å². The van der Waals surface area contributed by atoms with Gasteiger partial charge in [0.25, 0.3) is 0 Å². The molecule has 0 saturated carbocycles. The van der Waals surface area contributed by atoms with E-state index in [-0.39, 0.29) is 0 Å². The third-order valence-corrected chi connectivity index (χ3v) is 2.81. The molecule has 0 bridgehead atoms. The van der Waals surface area contributed by atoms with Gasteiger partial charge in [0, 0.05) is 31.1 Å². The molecule has 2 aromatic rings. The Hall–Kier alpha value is -1.62. The van der Waals surface area contributed by atoms with Crippen LogP contribution >= 0.6 is 0 Å². The van der Waals surface area contributed by atoms with E-state index >= 15 is 0 Å². The normalized spacial score (nSPS) is 12.9. The fourth-order valence-electron chi connectivity index (χ4n) is 1.88. The van der Waals surface area contributed by atoms with Gasteiger partial charge in [0.15, 0.2) is 0 Å². The lowest BCUT2D eigenvalue weighted by atomic mass is 10.1. The quantitative estimate of drug-likeness (QED) is 0.823. The van der Waals surface area contributed by atoms with E-state index in [9.17, 15) is 5.11 Å². The summed E-state index contributed by atoms with van der Waals surface area (Å²) in [5.41, 5.74) is 2.11. The molecule has 0 aliphatic heterocycles. The van der Waals surface area contributed by atoms with Crippen molar-refractivity contribution in [1.82, 2.24) is 19.7 Å². The van der Waals surface area contributed by atoms with Gasteiger partial charge in [0.1, 0.15) is 11.9 Å². The van der Waals surface area contributed by atoms with Gasteiger partial charge in [0.2, 0.25) is 0 Å². The second-order valence-corrected chi connectivity index (χ2v) is 3.99. The molecule has 0 fully saturated rings. The number of H-pyrrole nitrogens is 1. The van der Waals surface area contributed by atoms with Crippen molar-refractivity contribution in [2.24, 2.45) is 0 Å². The topological polar surface area (TPSA) is 66.7 Å². The third kappa shape index (κ3) is 2.55. The van der Waals surface area contributed by atoms with Crippen molar-refractivity contribution in [3.05, 3.63) is 35.7 Å². The van der Waals surface area contributed by atoms with Crippen LogP contribution in [-0.2, 0) is 19.4 Å². The predicted octanol–water partition coefficient (Wildman–Crippen LogP) is 1.46. The highest BCUT2D eigenvalue weighted by Gasteiger charge is 2.14. The molecule has 5 heteroatoms. The third-order valence-electron chi connectivity index (χ3n) is 2.81. The molecule has 0 radical (unpaired) electrons. The molecule has 0 aliphatic rings. The van der Waals surface area contributed by atoms with Gasteiger partial charge in [-0.1, -0.05) is 6.92 Å². The van der Waals surface area contributed by atoms with Crippen LogP contribution in [0.15, 0.2) is 18.5 Å². The minimum atomic E-state index is -0.600. The van der Waals surface area contributed by atoms with Crippen LogP contribution in [0.25, 0.3) is 0 Å². The Bertz CT molecular complexity index is 461. The van der Waals surface area contributed by atoms with E-state index in [1.807, 2.05) is 4.68 Å². The molecule has 2 N–H and O–H groups in total. The molecule has 0 aromatic carbocycles. The Morgan fingerprint density at radius 2 is 2.29 bits per heavy atom. The van der Waals surface area contributed by atoms with Crippen molar-refractivity contribution in [3.63, 3.8) is 0 Å². The Labute approximate surface area is 101 Å². The maximum atomic E-state index is 10.0. The summed E-state index contributed by atoms with van der Waals surface area (Å²) in [6, 6.07) is 2.05. The summed E-state index contributed by atoms with van der Waals surface area (Å²) in [6.07, 6.45) is 4.21. The van der Waals surface area contributed by atoms with Gasteiger partial charge in [-0.05, 0) is 19.4 Å². The molecule has 17 heavy (non-hydrogen) atoms. The number of aliphatic hydroxyl groups is 1. The molecule has 92 valence electrons. The summed E-state index contributed by atoms with van der Waals surface area (Å²) in [5, 5.41) is 14.5. The molecule has 0 saturated heterocycles. The first-order valence-corrected chi connectivity index (χ1v) is 5.97. The average Bonchev–Trinajstić information content (AvgIpc) is 2.97. The van der Waals surface area contributed by atoms with Gasteiger partial charge in [-0.15, -0.1) is 0 Å². The fourth-order valence-corrected chi connectivity index (χ4v) is 1.88. The lowest BCUT2D eigenvalue weighted by molar-refractivity contribution is 0.166. The van der Waals surface area contributed by atoms with Crippen LogP contribution in [0.2, 0.25) is 0 Å². The summed E-state index contributed by atoms with van der Waals surface area (Å²) in [7, 11) is 0. The fraction of sp³-hybridized carbons (Fsp3) is 0.500. The molecular formula is C12H18N4O. The lowest BCUT2D eigenvalue weighted by Crippen LogP contribution is -2.09. The van der Waals surface area contributed by atoms with E-state index in [1.165, 1.54) is 0 Å². The maximum Gasteiger partial charge on any atom is 0.135 e. The van der Waals surface area contributed by atoms with E-state index in [2.05, 4.69) is 35.0 Å². The van der Waals surface area contributed by atoms with E-state index in [4.69, 9.17) is 0 Å². The minimum absolute atomic E-state index is 0.536. The molecule has 2 heterocycles. The standard InChI is InChI=1S/C12H18N4O/c1-3-9-7-10(16(4-2)15-9)8-11(17)12-13-5-6-14-12/h5-7,11,17H,3-4,8H2,1-2H3,(H,13,14). The Balaban J connectivity index is 2.15. The number of hydrogen-bond donors (Lipinski definition) is 2. The molecule has 2 rings (SSSR count). The summed E-state index contributed by atoms with van der Waals surface area (Å²) in [5.74, 6) is 0.604. The lowest BCUT2D eigenvalue weighted by Gasteiger charge is -2.08. The molecule has 2 aromatic heterocycles. The Morgan fingerprint density at radius 1 is 1.47 bits per heavy atom. The van der Waals surface area contributed by atoms with Gasteiger partial charge in [-0.25, -0.2) is 4.98 Å². The van der Waals surface area contributed by atoms with Gasteiger partial charge in [0.05, 0.1) is 5.69 Å². The molecule has 0 aliphatic carbocycles. The van der Waals surface area contributed by atoms with Crippen LogP contribution in [0.4, 0.5) is 0 Å². The van der Waals surface area contributed by atoms with Crippen molar-refractivity contribution in [2.45, 2.75) is 39.3 Å². The Kier molecular flexibility index (Phi) is 3.58. The van der Waals surface area contributed by atoms with Gasteiger partial charge in [-0.3, -0.25) is 4.68 Å². The number of nitrogens with zero attached hydrogens (tertiary/aromatic N) is 3. The average molecular weight is 234 g/mol. The zero-order valence-corrected chi connectivity index (χ0v) is 10.2. The molecule has 0 spiro atoms. The van der Waals surface area contributed by atoms with Crippen molar-refractivity contribution in [3.8, 4) is 0 Å². The summed E-state index contributed by atoms with van der Waals surface area (Å²) < 4.78 is 1.94. The molecule has 1 unspecified atom stereocenters. The number of aromatic nitrogens is 4. The summed E-state index contributed by atoms with van der Waals surface area (Å²) in [4.78, 5) is 6.98. The summed E-state index contributed by atoms with van der Waals surface area (Å²) in [6.45, 7) is 4.95. The van der Waals surface area contributed by atoms with E-state index in [0.29, 0.717) is 12.2 Å². The number of aryl methyl sites for hydroxylation is 2. The van der Waals surface area contributed by atoms with Crippen LogP contribution in [0.3, 0.4) is 0 Å². The van der Waals surface area contributed by atoms with Crippen molar-refractivity contribution in [1.29, 1.82) is 0 Å². The first-order valence-electron chi connectivity index (χ1n) is 5.97. The second-order valence-electron chi connectivity index (χ2n) is 3.99. The van der Waals surface area contributed by atoms with Gasteiger partial charge >= 0.3 is 0 Å². The second kappa shape index (κ2) is 5.14. The smallest absolute Gasteiger partial charge is 0.135 e. The number of imidazole rings is 1. The Morgan fingerprint density at radius 3 is 2.88 bits per heavy atom. The number of aliphatic hydroxyl groups excluding tert-OH is 1. The highest BCUT2D eigenvalue weighted by molar-refractivity contribution is 5.12. The van der Waals surface area contributed by atoms with Gasteiger partial charge in [-0.2, -0.15) is 5.10 Å². The number of aromatic amines is 1. The van der Waals surface area contributed by atoms with Crippen LogP contribution in [0.1, 0.15) is 37.2 Å². The van der Waals surface area contributed by atoms with E-state index < -0.39 is 6.10 Å². The highest BCUT2D eigenvalue weighted by Crippen LogP contribution is 2.16. The largest absolute Gasteiger partial charge is 0.385 e. The number of nitrogens with one attached hydrogen (secondary N) is 1. The molecule has 1 atom stereocenters. The first kappa shape index (κ1) is 11.9.